The topological polar surface area (TPSA) is 147 Å². The fraction of sp³-hybridized carbons (Fsp3) is 0.267. The Morgan fingerprint density at radius 3 is 3.00 bits per heavy atom. The van der Waals surface area contributed by atoms with Crippen LogP contribution in [0.2, 0.25) is 0 Å². The molecule has 1 unspecified atom stereocenters. The summed E-state index contributed by atoms with van der Waals surface area (Å²) in [6, 6.07) is -0.797. The largest absolute Gasteiger partial charge is 0.478 e. The van der Waals surface area contributed by atoms with Crippen molar-refractivity contribution in [1.82, 2.24) is 15.2 Å². The van der Waals surface area contributed by atoms with Gasteiger partial charge in [-0.2, -0.15) is 0 Å². The summed E-state index contributed by atoms with van der Waals surface area (Å²) in [6.07, 6.45) is 2.77. The highest BCUT2D eigenvalue weighted by Gasteiger charge is 2.50. The molecule has 1 fully saturated rings. The molecule has 0 spiro atoms. The van der Waals surface area contributed by atoms with Gasteiger partial charge < -0.3 is 25.9 Å². The number of amides is 2. The van der Waals surface area contributed by atoms with Crippen LogP contribution in [0.1, 0.15) is 5.69 Å². The van der Waals surface area contributed by atoms with Gasteiger partial charge in [-0.05, 0) is 0 Å². The second-order valence-corrected chi connectivity index (χ2v) is 7.45. The number of hydrogen-bond donors (Lipinski definition) is 3. The predicted octanol–water partition coefficient (Wildman–Crippen LogP) is 0.000400. The second-order valence-electron chi connectivity index (χ2n) is 5.45. The van der Waals surface area contributed by atoms with E-state index in [4.69, 9.17) is 15.7 Å². The van der Waals surface area contributed by atoms with Crippen molar-refractivity contribution in [3.8, 4) is 0 Å². The fourth-order valence-corrected chi connectivity index (χ4v) is 4.19. The molecule has 1 aromatic heterocycles. The van der Waals surface area contributed by atoms with Crippen LogP contribution in [0.25, 0.3) is 0 Å². The molecule has 0 aliphatic carbocycles. The number of aromatic nitrogens is 1. The Morgan fingerprint density at radius 1 is 1.59 bits per heavy atom. The number of carboxylic acids is 1. The first kappa shape index (κ1) is 18.9. The van der Waals surface area contributed by atoms with Crippen molar-refractivity contribution >= 4 is 51.7 Å². The van der Waals surface area contributed by atoms with Crippen molar-refractivity contribution < 1.29 is 24.3 Å². The van der Waals surface area contributed by atoms with E-state index in [1.165, 1.54) is 28.9 Å². The molecule has 0 aromatic carbocycles. The van der Waals surface area contributed by atoms with E-state index in [-0.39, 0.29) is 39.8 Å². The first-order valence-electron chi connectivity index (χ1n) is 7.63. The molecule has 3 heterocycles. The summed E-state index contributed by atoms with van der Waals surface area (Å²) in [5, 5.41) is 16.8. The van der Waals surface area contributed by atoms with Crippen LogP contribution in [0.4, 0.5) is 5.13 Å². The van der Waals surface area contributed by atoms with Gasteiger partial charge in [-0.1, -0.05) is 17.8 Å². The molecule has 1 saturated heterocycles. The number of nitrogen functional groups attached to an aromatic ring is 1. The Kier molecular flexibility index (Phi) is 5.46. The van der Waals surface area contributed by atoms with E-state index in [2.05, 4.69) is 22.0 Å². The molecule has 4 N–H and O–H groups in total. The molecule has 2 amide bonds. The van der Waals surface area contributed by atoms with Crippen LogP contribution in [0.15, 0.2) is 35.0 Å². The average Bonchev–Trinajstić information content (AvgIpc) is 3.08. The smallest absolute Gasteiger partial charge is 0.333 e. The van der Waals surface area contributed by atoms with Crippen molar-refractivity contribution in [1.29, 1.82) is 0 Å². The highest BCUT2D eigenvalue weighted by atomic mass is 32.2. The number of nitrogens with one attached hydrogen (secondary N) is 1. The van der Waals surface area contributed by atoms with Crippen LogP contribution in [0.5, 0.6) is 0 Å². The maximum atomic E-state index is 12.6. The zero-order chi connectivity index (χ0) is 19.6. The van der Waals surface area contributed by atoms with Crippen molar-refractivity contribution in [3.63, 3.8) is 0 Å². The van der Waals surface area contributed by atoms with Crippen molar-refractivity contribution in [2.24, 2.45) is 5.16 Å². The number of anilines is 1. The van der Waals surface area contributed by atoms with E-state index < -0.39 is 23.8 Å². The third kappa shape index (κ3) is 3.80. The molecule has 27 heavy (non-hydrogen) atoms. The van der Waals surface area contributed by atoms with Gasteiger partial charge in [-0.3, -0.25) is 9.59 Å². The lowest BCUT2D eigenvalue weighted by Gasteiger charge is -2.46. The van der Waals surface area contributed by atoms with Gasteiger partial charge in [0.15, 0.2) is 10.8 Å². The molecular formula is C15H15N5O5S2. The highest BCUT2D eigenvalue weighted by molar-refractivity contribution is 8.00. The van der Waals surface area contributed by atoms with Gasteiger partial charge in [0, 0.05) is 17.3 Å². The van der Waals surface area contributed by atoms with Crippen molar-refractivity contribution in [3.05, 3.63) is 35.5 Å². The van der Waals surface area contributed by atoms with Crippen LogP contribution in [0, 0.1) is 0 Å². The predicted molar refractivity (Wildman–Crippen MR) is 100.0 cm³/mol. The van der Waals surface area contributed by atoms with Gasteiger partial charge in [0.1, 0.15) is 23.7 Å². The first-order chi connectivity index (χ1) is 12.9. The molecular weight excluding hydrogens is 394 g/mol. The minimum Gasteiger partial charge on any atom is -0.478 e. The Balaban J connectivity index is 1.73. The van der Waals surface area contributed by atoms with E-state index in [0.29, 0.717) is 0 Å². The molecule has 2 aliphatic heterocycles. The third-order valence-corrected chi connectivity index (χ3v) is 5.67. The monoisotopic (exact) mass is 409 g/mol. The Labute approximate surface area is 161 Å². The number of β-lactam (4-membered cyclic amide) rings is 1. The van der Waals surface area contributed by atoms with Gasteiger partial charge in [0.05, 0.1) is 5.57 Å². The quantitative estimate of drug-likeness (QED) is 0.187. The number of thioether (sulfide) groups is 1. The molecule has 2 atom stereocenters. The molecule has 3 rings (SSSR count). The summed E-state index contributed by atoms with van der Waals surface area (Å²) in [6.45, 7) is 3.59. The molecule has 2 aliphatic rings. The number of rotatable bonds is 7. The molecule has 0 radical (unpaired) electrons. The van der Waals surface area contributed by atoms with E-state index >= 15 is 0 Å². The van der Waals surface area contributed by atoms with E-state index in [9.17, 15) is 14.4 Å². The minimum atomic E-state index is -1.07. The number of hydrogen-bond acceptors (Lipinski definition) is 9. The van der Waals surface area contributed by atoms with Crippen LogP contribution < -0.4 is 11.1 Å². The van der Waals surface area contributed by atoms with Gasteiger partial charge in [-0.15, -0.1) is 23.1 Å². The Hall–Kier alpha value is -2.86. The lowest BCUT2D eigenvalue weighted by Crippen LogP contribution is -2.69. The molecule has 142 valence electrons. The lowest BCUT2D eigenvalue weighted by atomic mass is 10.1. The number of oxime groups is 1. The molecule has 10 nitrogen and oxygen atoms in total. The summed E-state index contributed by atoms with van der Waals surface area (Å²) >= 11 is 2.40. The Morgan fingerprint density at radius 2 is 2.37 bits per heavy atom. The molecule has 0 saturated carbocycles. The molecule has 12 heteroatoms. The van der Waals surface area contributed by atoms with E-state index in [1.54, 1.807) is 5.38 Å². The SMILES string of the molecule is C=CCON=C(C(=O)NC1C(=O)N2C=C(C(=O)O)CS[C@H]12)c1csc(N)n1. The summed E-state index contributed by atoms with van der Waals surface area (Å²) in [7, 11) is 0. The number of carbonyl (C=O) groups excluding carboxylic acids is 2. The van der Waals surface area contributed by atoms with Crippen molar-refractivity contribution in [2.75, 3.05) is 18.1 Å². The van der Waals surface area contributed by atoms with Crippen LogP contribution in [-0.2, 0) is 19.2 Å². The fourth-order valence-electron chi connectivity index (χ4n) is 2.40. The lowest BCUT2D eigenvalue weighted by molar-refractivity contribution is -0.144. The number of aliphatic carboxylic acids is 1. The zero-order valence-corrected chi connectivity index (χ0v) is 15.5. The van der Waals surface area contributed by atoms with E-state index in [0.717, 1.165) is 11.3 Å². The van der Waals surface area contributed by atoms with Gasteiger partial charge >= 0.3 is 5.97 Å². The number of fused-ring (bicyclic) bond motifs is 1. The summed E-state index contributed by atoms with van der Waals surface area (Å²) < 4.78 is 0. The maximum absolute atomic E-state index is 12.6. The third-order valence-electron chi connectivity index (χ3n) is 3.67. The van der Waals surface area contributed by atoms with Crippen LogP contribution in [-0.4, -0.2) is 62.3 Å². The Bertz CT molecular complexity index is 865. The summed E-state index contributed by atoms with van der Waals surface area (Å²) in [4.78, 5) is 46.2. The second kappa shape index (κ2) is 7.80. The number of carboxylic acid groups (broad SMARTS) is 1. The van der Waals surface area contributed by atoms with Gasteiger partial charge in [-0.25, -0.2) is 9.78 Å². The number of nitrogens with zero attached hydrogens (tertiary/aromatic N) is 3. The average molecular weight is 409 g/mol. The number of thiazole rings is 1. The number of carbonyl (C=O) groups is 3. The number of nitrogens with two attached hydrogens (primary N) is 1. The molecule has 1 aromatic rings. The summed E-state index contributed by atoms with van der Waals surface area (Å²) in [5.74, 6) is -1.88. The van der Waals surface area contributed by atoms with E-state index in [1.807, 2.05) is 0 Å². The zero-order valence-electron chi connectivity index (χ0n) is 13.8. The normalized spacial score (nSPS) is 21.6. The van der Waals surface area contributed by atoms with Crippen molar-refractivity contribution in [2.45, 2.75) is 11.4 Å². The summed E-state index contributed by atoms with van der Waals surface area (Å²) in [5.41, 5.74) is 5.85. The van der Waals surface area contributed by atoms with Gasteiger partial charge in [0.2, 0.25) is 0 Å². The maximum Gasteiger partial charge on any atom is 0.333 e. The molecule has 0 bridgehead atoms. The van der Waals surface area contributed by atoms with Crippen LogP contribution >= 0.6 is 23.1 Å². The minimum absolute atomic E-state index is 0.0910. The van der Waals surface area contributed by atoms with Gasteiger partial charge in [0.25, 0.3) is 11.8 Å². The first-order valence-corrected chi connectivity index (χ1v) is 9.56. The van der Waals surface area contributed by atoms with Crippen LogP contribution in [0.3, 0.4) is 0 Å². The highest BCUT2D eigenvalue weighted by Crippen LogP contribution is 2.36. The standard InChI is InChI=1S/C15H15N5O5S2/c1-2-3-25-19-9(8-6-27-15(16)17-8)11(21)18-10-12(22)20-4-7(14(23)24)5-26-13(10)20/h2,4,6,10,13H,1,3,5H2,(H2,16,17)(H,18,21)(H,23,24)/t10?,13-/m1/s1.